The normalized spacial score (nSPS) is 13.8. The maximum absolute atomic E-state index is 10.8. The van der Waals surface area contributed by atoms with E-state index in [1.807, 2.05) is 0 Å². The zero-order valence-corrected chi connectivity index (χ0v) is 13.0. The molecule has 0 saturated heterocycles. The summed E-state index contributed by atoms with van der Waals surface area (Å²) in [4.78, 5) is 0. The molecular weight excluding hydrogens is 344 g/mol. The topological polar surface area (TPSA) is 61.8 Å². The number of aromatic amines is 1. The summed E-state index contributed by atoms with van der Waals surface area (Å²) in [6.45, 7) is 0. The van der Waals surface area contributed by atoms with Crippen LogP contribution in [0.3, 0.4) is 0 Å². The van der Waals surface area contributed by atoms with Crippen molar-refractivity contribution in [1.29, 1.82) is 0 Å². The molecule has 0 saturated carbocycles. The van der Waals surface area contributed by atoms with E-state index in [4.69, 9.17) is 46.4 Å². The van der Waals surface area contributed by atoms with Gasteiger partial charge in [0.25, 0.3) is 0 Å². The molecule has 1 unspecified atom stereocenters. The number of hydrogen-bond donors (Lipinski definition) is 2. The van der Waals surface area contributed by atoms with E-state index in [0.717, 1.165) is 0 Å². The highest BCUT2D eigenvalue weighted by atomic mass is 35.5. The van der Waals surface area contributed by atoms with Crippen LogP contribution in [0.2, 0.25) is 10.0 Å². The molecule has 0 radical (unpaired) electrons. The predicted octanol–water partition coefficient (Wildman–Crippen LogP) is 3.86. The first-order chi connectivity index (χ1) is 9.40. The van der Waals surface area contributed by atoms with Crippen molar-refractivity contribution in [3.8, 4) is 0 Å². The standard InChI is InChI=1S/C12H9Cl4N3O/c13-7-1-2-9(10(14)3-7)12(20,5-11(15)16)4-8-6-17-19-18-8/h1-3,5-6,20H,4H2,(H,17,18,19). The Morgan fingerprint density at radius 2 is 2.10 bits per heavy atom. The molecule has 1 aromatic carbocycles. The Labute approximate surface area is 135 Å². The van der Waals surface area contributed by atoms with Crippen LogP contribution in [0, 0.1) is 0 Å². The first kappa shape index (κ1) is 15.6. The van der Waals surface area contributed by atoms with E-state index in [1.165, 1.54) is 18.3 Å². The lowest BCUT2D eigenvalue weighted by atomic mass is 9.89. The Hall–Kier alpha value is -0.780. The van der Waals surface area contributed by atoms with E-state index in [1.54, 1.807) is 12.1 Å². The van der Waals surface area contributed by atoms with Gasteiger partial charge in [0, 0.05) is 22.0 Å². The minimum absolute atomic E-state index is 0.0815. The molecule has 0 aliphatic heterocycles. The summed E-state index contributed by atoms with van der Waals surface area (Å²) in [7, 11) is 0. The number of halogens is 4. The molecule has 0 spiro atoms. The molecule has 1 atom stereocenters. The third kappa shape index (κ3) is 3.65. The Balaban J connectivity index is 2.48. The maximum atomic E-state index is 10.8. The summed E-state index contributed by atoms with van der Waals surface area (Å²) >= 11 is 23.4. The van der Waals surface area contributed by atoms with Gasteiger partial charge in [0.05, 0.1) is 11.9 Å². The van der Waals surface area contributed by atoms with Crippen LogP contribution in [0.15, 0.2) is 35.0 Å². The summed E-state index contributed by atoms with van der Waals surface area (Å²) < 4.78 is -0.0815. The van der Waals surface area contributed by atoms with Gasteiger partial charge in [0.1, 0.15) is 10.1 Å². The fourth-order valence-corrected chi connectivity index (χ4v) is 2.76. The summed E-state index contributed by atoms with van der Waals surface area (Å²) in [6, 6.07) is 4.76. The zero-order chi connectivity index (χ0) is 14.8. The van der Waals surface area contributed by atoms with Crippen LogP contribution in [0.5, 0.6) is 0 Å². The van der Waals surface area contributed by atoms with E-state index in [9.17, 15) is 5.11 Å². The lowest BCUT2D eigenvalue weighted by molar-refractivity contribution is 0.0888. The number of rotatable bonds is 4. The van der Waals surface area contributed by atoms with Crippen LogP contribution in [0.4, 0.5) is 0 Å². The van der Waals surface area contributed by atoms with Gasteiger partial charge >= 0.3 is 0 Å². The summed E-state index contributed by atoms with van der Waals surface area (Å²) in [6.07, 6.45) is 2.89. The molecular formula is C12H9Cl4N3O. The molecule has 4 nitrogen and oxygen atoms in total. The van der Waals surface area contributed by atoms with Gasteiger partial charge in [-0.05, 0) is 18.2 Å². The molecule has 2 aromatic rings. The molecule has 0 amide bonds. The Kier molecular flexibility index (Phi) is 4.94. The van der Waals surface area contributed by atoms with Crippen LogP contribution < -0.4 is 0 Å². The number of hydrogen-bond acceptors (Lipinski definition) is 3. The number of H-pyrrole nitrogens is 1. The number of aliphatic hydroxyl groups is 1. The van der Waals surface area contributed by atoms with E-state index in [0.29, 0.717) is 21.3 Å². The minimum atomic E-state index is -1.52. The molecule has 0 aliphatic carbocycles. The lowest BCUT2D eigenvalue weighted by Crippen LogP contribution is -2.27. The van der Waals surface area contributed by atoms with Crippen LogP contribution in [-0.4, -0.2) is 20.5 Å². The number of nitrogens with one attached hydrogen (secondary N) is 1. The average molecular weight is 353 g/mol. The van der Waals surface area contributed by atoms with Gasteiger partial charge in [-0.3, -0.25) is 0 Å². The molecule has 0 bridgehead atoms. The molecule has 1 aromatic heterocycles. The molecule has 0 aliphatic rings. The molecule has 20 heavy (non-hydrogen) atoms. The summed E-state index contributed by atoms with van der Waals surface area (Å²) in [5.41, 5.74) is -0.563. The van der Waals surface area contributed by atoms with Crippen molar-refractivity contribution in [2.45, 2.75) is 12.0 Å². The van der Waals surface area contributed by atoms with Gasteiger partial charge in [-0.15, -0.1) is 0 Å². The van der Waals surface area contributed by atoms with Crippen molar-refractivity contribution >= 4 is 46.4 Å². The van der Waals surface area contributed by atoms with Gasteiger partial charge in [-0.25, -0.2) is 0 Å². The van der Waals surface area contributed by atoms with Crippen molar-refractivity contribution in [3.63, 3.8) is 0 Å². The van der Waals surface area contributed by atoms with Crippen LogP contribution in [0.1, 0.15) is 11.3 Å². The third-order valence-electron chi connectivity index (χ3n) is 2.66. The van der Waals surface area contributed by atoms with Crippen LogP contribution in [-0.2, 0) is 12.0 Å². The number of nitrogens with zero attached hydrogens (tertiary/aromatic N) is 2. The van der Waals surface area contributed by atoms with Gasteiger partial charge in [-0.1, -0.05) is 52.5 Å². The van der Waals surface area contributed by atoms with Crippen LogP contribution >= 0.6 is 46.4 Å². The number of benzene rings is 1. The minimum Gasteiger partial charge on any atom is -0.380 e. The molecule has 1 heterocycles. The quantitative estimate of drug-likeness (QED) is 0.878. The van der Waals surface area contributed by atoms with E-state index >= 15 is 0 Å². The largest absolute Gasteiger partial charge is 0.380 e. The van der Waals surface area contributed by atoms with Crippen molar-refractivity contribution in [3.05, 3.63) is 56.3 Å². The molecule has 0 fully saturated rings. The Bertz CT molecular complexity index is 626. The highest BCUT2D eigenvalue weighted by molar-refractivity contribution is 6.55. The monoisotopic (exact) mass is 351 g/mol. The average Bonchev–Trinajstić information content (AvgIpc) is 2.79. The molecule has 8 heteroatoms. The lowest BCUT2D eigenvalue weighted by Gasteiger charge is -2.25. The van der Waals surface area contributed by atoms with Crippen molar-refractivity contribution < 1.29 is 5.11 Å². The summed E-state index contributed by atoms with van der Waals surface area (Å²) in [5, 5.41) is 21.7. The van der Waals surface area contributed by atoms with Crippen molar-refractivity contribution in [1.82, 2.24) is 15.4 Å². The highest BCUT2D eigenvalue weighted by Gasteiger charge is 2.31. The van der Waals surface area contributed by atoms with Crippen molar-refractivity contribution in [2.24, 2.45) is 0 Å². The van der Waals surface area contributed by atoms with Crippen LogP contribution in [0.25, 0.3) is 0 Å². The van der Waals surface area contributed by atoms with Gasteiger partial charge < -0.3 is 5.11 Å². The zero-order valence-electron chi connectivity index (χ0n) is 9.95. The second-order valence-corrected chi connectivity index (χ2v) is 5.97. The van der Waals surface area contributed by atoms with Gasteiger partial charge in [-0.2, -0.15) is 15.4 Å². The van der Waals surface area contributed by atoms with Gasteiger partial charge in [0.15, 0.2) is 0 Å². The van der Waals surface area contributed by atoms with E-state index < -0.39 is 5.60 Å². The van der Waals surface area contributed by atoms with Crippen molar-refractivity contribution in [2.75, 3.05) is 0 Å². The molecule has 2 N–H and O–H groups in total. The molecule has 2 rings (SSSR count). The summed E-state index contributed by atoms with van der Waals surface area (Å²) in [5.74, 6) is 0. The highest BCUT2D eigenvalue weighted by Crippen LogP contribution is 2.35. The van der Waals surface area contributed by atoms with E-state index in [2.05, 4.69) is 15.4 Å². The Morgan fingerprint density at radius 1 is 1.35 bits per heavy atom. The first-order valence-corrected chi connectivity index (χ1v) is 6.98. The second kappa shape index (κ2) is 6.33. The Morgan fingerprint density at radius 3 is 2.65 bits per heavy atom. The number of aromatic nitrogens is 3. The first-order valence-electron chi connectivity index (χ1n) is 5.47. The van der Waals surface area contributed by atoms with E-state index in [-0.39, 0.29) is 10.9 Å². The third-order valence-corrected chi connectivity index (χ3v) is 3.43. The second-order valence-electron chi connectivity index (χ2n) is 4.12. The fourth-order valence-electron chi connectivity index (χ4n) is 1.83. The fraction of sp³-hybridized carbons (Fsp3) is 0.167. The predicted molar refractivity (Wildman–Crippen MR) is 80.2 cm³/mol. The SMILES string of the molecule is OC(C=C(Cl)Cl)(Cc1cn[nH]n1)c1ccc(Cl)cc1Cl. The van der Waals surface area contributed by atoms with Gasteiger partial charge in [0.2, 0.25) is 0 Å². The smallest absolute Gasteiger partial charge is 0.117 e. The maximum Gasteiger partial charge on any atom is 0.117 e. The molecule has 106 valence electrons.